The van der Waals surface area contributed by atoms with E-state index in [1.165, 1.54) is 0 Å². The van der Waals surface area contributed by atoms with Crippen molar-refractivity contribution in [2.24, 2.45) is 0 Å². The van der Waals surface area contributed by atoms with E-state index in [1.807, 2.05) is 0 Å². The molecular formula is C18H16Cl2F2N2O2S. The molecule has 0 spiro atoms. The first-order valence-corrected chi connectivity index (χ1v) is 9.92. The molecule has 1 heterocycles. The van der Waals surface area contributed by atoms with Crippen LogP contribution in [0.4, 0.5) is 19.5 Å². The van der Waals surface area contributed by atoms with E-state index in [0.29, 0.717) is 17.1 Å². The average Bonchev–Trinajstić information content (AvgIpc) is 2.77. The molecule has 0 aliphatic heterocycles. The van der Waals surface area contributed by atoms with Crippen LogP contribution in [0, 0.1) is 0 Å². The lowest BCUT2D eigenvalue weighted by molar-refractivity contribution is -0.130. The Balaban J connectivity index is 1.95. The van der Waals surface area contributed by atoms with Gasteiger partial charge in [0.1, 0.15) is 5.00 Å². The molecule has 4 nitrogen and oxygen atoms in total. The van der Waals surface area contributed by atoms with Gasteiger partial charge < -0.3 is 10.6 Å². The highest BCUT2D eigenvalue weighted by Gasteiger charge is 2.37. The number of benzene rings is 1. The Kier molecular flexibility index (Phi) is 6.03. The largest absolute Gasteiger partial charge is 0.400 e. The maximum atomic E-state index is 13.1. The third-order valence-corrected chi connectivity index (χ3v) is 5.87. The van der Waals surface area contributed by atoms with Gasteiger partial charge in [-0.15, -0.1) is 11.3 Å². The number of hydrogen-bond acceptors (Lipinski definition) is 3. The minimum absolute atomic E-state index is 0.0960. The van der Waals surface area contributed by atoms with Gasteiger partial charge in [-0.1, -0.05) is 18.0 Å². The fraction of sp³-hybridized carbons (Fsp3) is 0.333. The lowest BCUT2D eigenvalue weighted by Crippen LogP contribution is -2.29. The molecule has 1 aliphatic rings. The molecule has 0 radical (unpaired) electrons. The minimum Gasteiger partial charge on any atom is -0.322 e. The van der Waals surface area contributed by atoms with Crippen molar-refractivity contribution in [1.29, 1.82) is 0 Å². The van der Waals surface area contributed by atoms with Crippen LogP contribution in [0.5, 0.6) is 0 Å². The number of nitrogens with one attached hydrogen (secondary N) is 2. The first kappa shape index (κ1) is 20.0. The number of aryl methyl sites for hydroxylation is 1. The van der Waals surface area contributed by atoms with Gasteiger partial charge in [-0.2, -0.15) is 8.78 Å². The number of alkyl halides is 3. The summed E-state index contributed by atoms with van der Waals surface area (Å²) in [6.45, 7) is 0. The van der Waals surface area contributed by atoms with Crippen LogP contribution in [0.25, 0.3) is 0 Å². The molecule has 1 aliphatic carbocycles. The van der Waals surface area contributed by atoms with E-state index in [1.54, 1.807) is 24.3 Å². The van der Waals surface area contributed by atoms with Crippen molar-refractivity contribution in [3.05, 3.63) is 45.3 Å². The SMILES string of the molecule is O=C(Nc1ccc(Cl)cc1)c1c(NC(=O)C(F)(F)Cl)sc2c1CCCCC2. The standard InChI is InChI=1S/C18H16Cl2F2N2O2S/c19-10-6-8-11(9-7-10)23-15(25)14-12-4-2-1-3-5-13(12)27-16(14)24-17(26)18(20,21)22/h6-9H,1-5H2,(H,23,25)(H,24,26). The van der Waals surface area contributed by atoms with E-state index < -0.39 is 17.2 Å². The molecule has 0 saturated heterocycles. The number of carbonyl (C=O) groups excluding carboxylic acids is 2. The third kappa shape index (κ3) is 4.78. The van der Waals surface area contributed by atoms with Gasteiger partial charge in [0.15, 0.2) is 0 Å². The van der Waals surface area contributed by atoms with Crippen LogP contribution in [0.15, 0.2) is 24.3 Å². The Morgan fingerprint density at radius 3 is 2.37 bits per heavy atom. The highest BCUT2D eigenvalue weighted by atomic mass is 35.5. The predicted molar refractivity (Wildman–Crippen MR) is 104 cm³/mol. The average molecular weight is 433 g/mol. The van der Waals surface area contributed by atoms with Crippen LogP contribution in [0.1, 0.15) is 40.1 Å². The van der Waals surface area contributed by atoms with Gasteiger partial charge in [0.25, 0.3) is 5.91 Å². The molecule has 0 saturated carbocycles. The van der Waals surface area contributed by atoms with Crippen molar-refractivity contribution in [2.75, 3.05) is 10.6 Å². The lowest BCUT2D eigenvalue weighted by Gasteiger charge is -2.11. The summed E-state index contributed by atoms with van der Waals surface area (Å²) in [5, 5.41) is 1.42. The predicted octanol–water partition coefficient (Wildman–Crippen LogP) is 5.69. The van der Waals surface area contributed by atoms with Crippen molar-refractivity contribution >= 4 is 57.0 Å². The number of halogens is 4. The fourth-order valence-corrected chi connectivity index (χ4v) is 4.43. The van der Waals surface area contributed by atoms with Crippen LogP contribution in [0.3, 0.4) is 0 Å². The summed E-state index contributed by atoms with van der Waals surface area (Å²) in [4.78, 5) is 25.5. The fourth-order valence-electron chi connectivity index (χ4n) is 2.97. The molecular weight excluding hydrogens is 417 g/mol. The molecule has 2 amide bonds. The molecule has 0 atom stereocenters. The summed E-state index contributed by atoms with van der Waals surface area (Å²) in [6.07, 6.45) is 4.27. The van der Waals surface area contributed by atoms with Gasteiger partial charge in [-0.05, 0) is 67.1 Å². The van der Waals surface area contributed by atoms with Crippen LogP contribution in [-0.4, -0.2) is 17.2 Å². The van der Waals surface area contributed by atoms with E-state index in [4.69, 9.17) is 23.2 Å². The zero-order chi connectivity index (χ0) is 19.6. The maximum absolute atomic E-state index is 13.1. The number of rotatable bonds is 4. The molecule has 9 heteroatoms. The first-order chi connectivity index (χ1) is 12.8. The van der Waals surface area contributed by atoms with E-state index in [9.17, 15) is 18.4 Å². The van der Waals surface area contributed by atoms with Gasteiger partial charge in [0, 0.05) is 15.6 Å². The smallest absolute Gasteiger partial charge is 0.322 e. The van der Waals surface area contributed by atoms with Crippen LogP contribution in [-0.2, 0) is 17.6 Å². The Morgan fingerprint density at radius 1 is 1.04 bits per heavy atom. The number of hydrogen-bond donors (Lipinski definition) is 2. The zero-order valence-electron chi connectivity index (χ0n) is 14.1. The summed E-state index contributed by atoms with van der Waals surface area (Å²) in [5.74, 6) is -2.12. The Hall–Kier alpha value is -1.70. The van der Waals surface area contributed by atoms with E-state index >= 15 is 0 Å². The van der Waals surface area contributed by atoms with Gasteiger partial charge in [0.05, 0.1) is 5.56 Å². The number of carbonyl (C=O) groups is 2. The van der Waals surface area contributed by atoms with E-state index in [-0.39, 0.29) is 10.6 Å². The van der Waals surface area contributed by atoms with Gasteiger partial charge in [0.2, 0.25) is 0 Å². The van der Waals surface area contributed by atoms with Crippen LogP contribution in [0.2, 0.25) is 5.02 Å². The molecule has 1 aromatic carbocycles. The molecule has 0 fully saturated rings. The van der Waals surface area contributed by atoms with Crippen molar-refractivity contribution in [2.45, 2.75) is 37.5 Å². The molecule has 1 aromatic heterocycles. The summed E-state index contributed by atoms with van der Waals surface area (Å²) in [6, 6.07) is 6.52. The Labute approximate surface area is 168 Å². The number of anilines is 2. The summed E-state index contributed by atoms with van der Waals surface area (Å²) in [5.41, 5.74) is 1.54. The van der Waals surface area contributed by atoms with Crippen molar-refractivity contribution in [3.63, 3.8) is 0 Å². The number of thiophene rings is 1. The molecule has 0 bridgehead atoms. The first-order valence-electron chi connectivity index (χ1n) is 8.35. The highest BCUT2D eigenvalue weighted by molar-refractivity contribution is 7.17. The monoisotopic (exact) mass is 432 g/mol. The normalized spacial score (nSPS) is 14.2. The molecule has 144 valence electrons. The van der Waals surface area contributed by atoms with Crippen molar-refractivity contribution in [3.8, 4) is 0 Å². The second-order valence-electron chi connectivity index (χ2n) is 6.18. The topological polar surface area (TPSA) is 58.2 Å². The maximum Gasteiger partial charge on any atom is 0.400 e. The van der Waals surface area contributed by atoms with Crippen LogP contribution < -0.4 is 10.6 Å². The van der Waals surface area contributed by atoms with Crippen molar-refractivity contribution in [1.82, 2.24) is 0 Å². The number of fused-ring (bicyclic) bond motifs is 1. The molecule has 2 aromatic rings. The second-order valence-corrected chi connectivity index (χ2v) is 8.20. The van der Waals surface area contributed by atoms with E-state index in [2.05, 4.69) is 10.6 Å². The van der Waals surface area contributed by atoms with Gasteiger partial charge in [-0.25, -0.2) is 0 Å². The molecule has 2 N–H and O–H groups in total. The second kappa shape index (κ2) is 8.12. The molecule has 0 unspecified atom stereocenters. The number of amides is 2. The molecule has 3 rings (SSSR count). The summed E-state index contributed by atoms with van der Waals surface area (Å²) in [7, 11) is 0. The minimum atomic E-state index is -4.05. The Morgan fingerprint density at radius 2 is 1.70 bits per heavy atom. The van der Waals surface area contributed by atoms with Crippen molar-refractivity contribution < 1.29 is 18.4 Å². The molecule has 27 heavy (non-hydrogen) atoms. The Bertz CT molecular complexity index is 863. The highest BCUT2D eigenvalue weighted by Crippen LogP contribution is 2.38. The van der Waals surface area contributed by atoms with E-state index in [0.717, 1.165) is 47.5 Å². The zero-order valence-corrected chi connectivity index (χ0v) is 16.4. The third-order valence-electron chi connectivity index (χ3n) is 4.23. The summed E-state index contributed by atoms with van der Waals surface area (Å²) >= 11 is 11.8. The lowest BCUT2D eigenvalue weighted by atomic mass is 10.0. The van der Waals surface area contributed by atoms with Gasteiger partial charge >= 0.3 is 11.3 Å². The quantitative estimate of drug-likeness (QED) is 0.481. The van der Waals surface area contributed by atoms with Gasteiger partial charge in [-0.3, -0.25) is 9.59 Å². The summed E-state index contributed by atoms with van der Waals surface area (Å²) < 4.78 is 26.2. The van der Waals surface area contributed by atoms with Crippen LogP contribution >= 0.6 is 34.5 Å².